The summed E-state index contributed by atoms with van der Waals surface area (Å²) >= 11 is 0. The number of esters is 1. The van der Waals surface area contributed by atoms with Crippen LogP contribution in [0.25, 0.3) is 4.85 Å². The number of rotatable bonds is 5. The van der Waals surface area contributed by atoms with Crippen LogP contribution in [-0.2, 0) is 14.4 Å². The molecule has 0 saturated heterocycles. The molecule has 1 aromatic carbocycles. The van der Waals surface area contributed by atoms with Crippen LogP contribution in [0.2, 0.25) is 0 Å². The third kappa shape index (κ3) is 4.31. The van der Waals surface area contributed by atoms with Crippen LogP contribution in [-0.4, -0.2) is 35.8 Å². The van der Waals surface area contributed by atoms with Gasteiger partial charge in [-0.1, -0.05) is 20.4 Å². The fourth-order valence-electron chi connectivity index (χ4n) is 2.70. The number of carbonyl (C=O) groups is 3. The van der Waals surface area contributed by atoms with Gasteiger partial charge in [-0.15, -0.1) is 0 Å². The lowest BCUT2D eigenvalue weighted by molar-refractivity contribution is -0.135. The number of amidine groups is 1. The molecule has 0 unspecified atom stereocenters. The van der Waals surface area contributed by atoms with E-state index < -0.39 is 23.4 Å². The molecular formula is C19H20N2O6. The predicted octanol–water partition coefficient (Wildman–Crippen LogP) is 3.16. The summed E-state index contributed by atoms with van der Waals surface area (Å²) in [7, 11) is 0. The van der Waals surface area contributed by atoms with Crippen molar-refractivity contribution in [2.45, 2.75) is 45.6 Å². The maximum atomic E-state index is 12.5. The van der Waals surface area contributed by atoms with Crippen LogP contribution in [0.5, 0.6) is 5.75 Å². The lowest BCUT2D eigenvalue weighted by Gasteiger charge is -2.36. The standard InChI is InChI=1S/C19H20N2O6/c1-5-19(6-2)11-14(22)13-10-12(8-9-15(13)26-19)17(23)27-21-16(20-4)18(24)25-7-3/h8-10H,5-7,11H2,1-3H3/b21-16+. The Morgan fingerprint density at radius 1 is 1.30 bits per heavy atom. The Hall–Kier alpha value is -3.21. The average Bonchev–Trinajstić information content (AvgIpc) is 2.68. The van der Waals surface area contributed by atoms with Gasteiger partial charge in [-0.2, -0.15) is 0 Å². The van der Waals surface area contributed by atoms with Crippen LogP contribution in [0.15, 0.2) is 23.4 Å². The van der Waals surface area contributed by atoms with Crippen LogP contribution in [0, 0.1) is 6.57 Å². The van der Waals surface area contributed by atoms with Gasteiger partial charge in [0.25, 0.3) is 0 Å². The maximum Gasteiger partial charge on any atom is 0.399 e. The number of carbonyl (C=O) groups excluding carboxylic acids is 3. The van der Waals surface area contributed by atoms with Crippen LogP contribution in [0.3, 0.4) is 0 Å². The summed E-state index contributed by atoms with van der Waals surface area (Å²) in [6.07, 6.45) is 1.62. The molecule has 0 spiro atoms. The third-order valence-electron chi connectivity index (χ3n) is 4.39. The van der Waals surface area contributed by atoms with Crippen LogP contribution in [0.1, 0.15) is 60.7 Å². The van der Waals surface area contributed by atoms with E-state index in [-0.39, 0.29) is 24.4 Å². The number of ketones is 1. The summed E-state index contributed by atoms with van der Waals surface area (Å²) in [5.74, 6) is -2.28. The molecule has 0 atom stereocenters. The van der Waals surface area contributed by atoms with Gasteiger partial charge in [-0.3, -0.25) is 9.59 Å². The molecule has 1 aliphatic rings. The fourth-order valence-corrected chi connectivity index (χ4v) is 2.70. The van der Waals surface area contributed by atoms with E-state index in [0.29, 0.717) is 24.2 Å². The van der Waals surface area contributed by atoms with Gasteiger partial charge in [0, 0.05) is 0 Å². The number of nitrogens with zero attached hydrogens (tertiary/aromatic N) is 2. The van der Waals surface area contributed by atoms with E-state index in [4.69, 9.17) is 11.3 Å². The summed E-state index contributed by atoms with van der Waals surface area (Å²) in [5.41, 5.74) is -0.175. The molecule has 0 aliphatic carbocycles. The SMILES string of the molecule is [C-]#[N+]/C(=N/OC(=O)c1ccc2c(c1)C(=O)CC(CC)(CC)O2)C(=O)OCC. The van der Waals surface area contributed by atoms with Crippen molar-refractivity contribution in [1.82, 2.24) is 0 Å². The molecule has 142 valence electrons. The summed E-state index contributed by atoms with van der Waals surface area (Å²) in [5, 5.41) is 3.24. The molecule has 0 fully saturated rings. The zero-order valence-corrected chi connectivity index (χ0v) is 15.4. The fraction of sp³-hybridized carbons (Fsp3) is 0.421. The minimum Gasteiger partial charge on any atom is -0.486 e. The van der Waals surface area contributed by atoms with Gasteiger partial charge in [0.1, 0.15) is 11.4 Å². The predicted molar refractivity (Wildman–Crippen MR) is 95.4 cm³/mol. The summed E-state index contributed by atoms with van der Waals surface area (Å²) in [6.45, 7) is 12.4. The van der Waals surface area contributed by atoms with Crippen molar-refractivity contribution in [3.63, 3.8) is 0 Å². The third-order valence-corrected chi connectivity index (χ3v) is 4.39. The zero-order valence-electron chi connectivity index (χ0n) is 15.4. The van der Waals surface area contributed by atoms with E-state index in [9.17, 15) is 14.4 Å². The molecule has 0 saturated carbocycles. The highest BCUT2D eigenvalue weighted by Crippen LogP contribution is 2.37. The normalized spacial score (nSPS) is 15.2. The Morgan fingerprint density at radius 2 is 2.00 bits per heavy atom. The van der Waals surface area contributed by atoms with Gasteiger partial charge in [0.05, 0.1) is 29.3 Å². The lowest BCUT2D eigenvalue weighted by atomic mass is 9.85. The van der Waals surface area contributed by atoms with Crippen molar-refractivity contribution in [3.05, 3.63) is 40.7 Å². The highest BCUT2D eigenvalue weighted by atomic mass is 16.7. The van der Waals surface area contributed by atoms with Crippen LogP contribution in [0.4, 0.5) is 0 Å². The highest BCUT2D eigenvalue weighted by Gasteiger charge is 2.38. The lowest BCUT2D eigenvalue weighted by Crippen LogP contribution is -2.41. The number of hydrogen-bond acceptors (Lipinski definition) is 7. The van der Waals surface area contributed by atoms with Crippen molar-refractivity contribution >= 4 is 23.6 Å². The van der Waals surface area contributed by atoms with E-state index in [1.165, 1.54) is 18.2 Å². The Bertz CT molecular complexity index is 833. The molecule has 8 heteroatoms. The summed E-state index contributed by atoms with van der Waals surface area (Å²) in [6, 6.07) is 4.34. The van der Waals surface area contributed by atoms with Gasteiger partial charge >= 0.3 is 17.8 Å². The molecule has 2 rings (SSSR count). The minimum atomic E-state index is -0.982. The monoisotopic (exact) mass is 372 g/mol. The van der Waals surface area contributed by atoms with Gasteiger partial charge < -0.3 is 14.3 Å². The Balaban J connectivity index is 2.21. The van der Waals surface area contributed by atoms with Gasteiger partial charge in [0.2, 0.25) is 0 Å². The van der Waals surface area contributed by atoms with Crippen molar-refractivity contribution in [2.24, 2.45) is 5.16 Å². The first-order valence-corrected chi connectivity index (χ1v) is 8.59. The van der Waals surface area contributed by atoms with Crippen molar-refractivity contribution in [1.29, 1.82) is 0 Å². The summed E-state index contributed by atoms with van der Waals surface area (Å²) in [4.78, 5) is 43.6. The van der Waals surface area contributed by atoms with E-state index in [1.807, 2.05) is 13.8 Å². The van der Waals surface area contributed by atoms with Crippen LogP contribution >= 0.6 is 0 Å². The molecular weight excluding hydrogens is 352 g/mol. The average molecular weight is 372 g/mol. The molecule has 0 amide bonds. The summed E-state index contributed by atoms with van der Waals surface area (Å²) < 4.78 is 10.6. The number of ether oxygens (including phenoxy) is 2. The largest absolute Gasteiger partial charge is 0.486 e. The van der Waals surface area contributed by atoms with Crippen molar-refractivity contribution in [3.8, 4) is 5.75 Å². The molecule has 1 aromatic rings. The second-order valence-electron chi connectivity index (χ2n) is 5.93. The maximum absolute atomic E-state index is 12.5. The molecule has 1 aliphatic heterocycles. The van der Waals surface area contributed by atoms with Gasteiger partial charge in [0.15, 0.2) is 5.78 Å². The van der Waals surface area contributed by atoms with Crippen LogP contribution < -0.4 is 4.74 Å². The number of Topliss-reactive ketones (excluding diaryl/α,β-unsaturated/α-hetero) is 1. The molecule has 0 radical (unpaired) electrons. The first kappa shape index (κ1) is 20.1. The van der Waals surface area contributed by atoms with Gasteiger partial charge in [-0.25, -0.2) is 9.63 Å². The van der Waals surface area contributed by atoms with E-state index in [2.05, 4.69) is 19.6 Å². The topological polar surface area (TPSA) is 95.6 Å². The van der Waals surface area contributed by atoms with E-state index >= 15 is 0 Å². The van der Waals surface area contributed by atoms with E-state index in [0.717, 1.165) is 0 Å². The molecule has 0 aromatic heterocycles. The smallest absolute Gasteiger partial charge is 0.399 e. The van der Waals surface area contributed by atoms with Gasteiger partial charge in [-0.05, 0) is 38.0 Å². The first-order chi connectivity index (χ1) is 12.9. The Kier molecular flexibility index (Phi) is 6.29. The Labute approximate surface area is 156 Å². The molecule has 8 nitrogen and oxygen atoms in total. The highest BCUT2D eigenvalue weighted by molar-refractivity contribution is 6.39. The number of hydrogen-bond donors (Lipinski definition) is 0. The van der Waals surface area contributed by atoms with E-state index in [1.54, 1.807) is 6.92 Å². The molecule has 1 heterocycles. The van der Waals surface area contributed by atoms with Crippen molar-refractivity contribution < 1.29 is 28.7 Å². The number of fused-ring (bicyclic) bond motifs is 1. The Morgan fingerprint density at radius 3 is 2.59 bits per heavy atom. The minimum absolute atomic E-state index is 0.0585. The second-order valence-corrected chi connectivity index (χ2v) is 5.93. The van der Waals surface area contributed by atoms with Crippen molar-refractivity contribution in [2.75, 3.05) is 6.61 Å². The molecule has 27 heavy (non-hydrogen) atoms. The molecule has 0 bridgehead atoms. The molecule has 0 N–H and O–H groups in total. The second kappa shape index (κ2) is 8.45. The first-order valence-electron chi connectivity index (χ1n) is 8.59. The zero-order chi connectivity index (χ0) is 20.0. The quantitative estimate of drug-likeness (QED) is 0.197. The number of benzene rings is 1. The number of oxime groups is 1.